The molecular formula is C11H12F3NO. The first-order valence-electron chi connectivity index (χ1n) is 4.81. The van der Waals surface area contributed by atoms with E-state index in [1.807, 2.05) is 6.92 Å². The van der Waals surface area contributed by atoms with E-state index < -0.39 is 6.36 Å². The molecule has 0 aliphatic heterocycles. The van der Waals surface area contributed by atoms with E-state index in [2.05, 4.69) is 9.73 Å². The highest BCUT2D eigenvalue weighted by molar-refractivity contribution is 5.65. The summed E-state index contributed by atoms with van der Waals surface area (Å²) in [5.74, 6) is -0.249. The van der Waals surface area contributed by atoms with Gasteiger partial charge in [-0.2, -0.15) is 0 Å². The largest absolute Gasteiger partial charge is 0.573 e. The van der Waals surface area contributed by atoms with Crippen LogP contribution in [0.1, 0.15) is 18.9 Å². The fourth-order valence-electron chi connectivity index (χ4n) is 1.12. The molecule has 0 fully saturated rings. The van der Waals surface area contributed by atoms with Crippen LogP contribution in [0.2, 0.25) is 0 Å². The molecule has 1 rings (SSSR count). The Morgan fingerprint density at radius 3 is 2.62 bits per heavy atom. The molecule has 2 nitrogen and oxygen atoms in total. The Bertz CT molecular complexity index is 385. The Balaban J connectivity index is 2.94. The van der Waals surface area contributed by atoms with Gasteiger partial charge < -0.3 is 4.74 Å². The number of aliphatic imine (C=N–C) groups is 1. The van der Waals surface area contributed by atoms with Crippen LogP contribution in [0.5, 0.6) is 5.75 Å². The number of rotatable bonds is 3. The van der Waals surface area contributed by atoms with E-state index in [1.54, 1.807) is 19.2 Å². The van der Waals surface area contributed by atoms with Gasteiger partial charge in [0.1, 0.15) is 5.75 Å². The summed E-state index contributed by atoms with van der Waals surface area (Å²) in [6, 6.07) is 4.09. The Kier molecular flexibility index (Phi) is 3.93. The highest BCUT2D eigenvalue weighted by atomic mass is 19.4. The summed E-state index contributed by atoms with van der Waals surface area (Å²) in [7, 11) is 0. The summed E-state index contributed by atoms with van der Waals surface area (Å²) in [5.41, 5.74) is 1.29. The van der Waals surface area contributed by atoms with Crippen LogP contribution in [0.15, 0.2) is 23.2 Å². The molecule has 0 bridgehead atoms. The molecule has 5 heteroatoms. The number of ether oxygens (including phenoxy) is 1. The van der Waals surface area contributed by atoms with Crippen LogP contribution >= 0.6 is 0 Å². The lowest BCUT2D eigenvalue weighted by Gasteiger charge is -2.09. The van der Waals surface area contributed by atoms with Crippen LogP contribution < -0.4 is 4.74 Å². The Hall–Kier alpha value is -1.52. The molecule has 0 aliphatic rings. The van der Waals surface area contributed by atoms with Crippen LogP contribution in [0.3, 0.4) is 0 Å². The topological polar surface area (TPSA) is 21.6 Å². The molecule has 0 unspecified atom stereocenters. The summed E-state index contributed by atoms with van der Waals surface area (Å²) in [5, 5.41) is 0. The minimum Gasteiger partial charge on any atom is -0.406 e. The summed E-state index contributed by atoms with van der Waals surface area (Å²) in [4.78, 5) is 4.04. The number of nitrogens with zero attached hydrogens (tertiary/aromatic N) is 1. The Morgan fingerprint density at radius 1 is 1.38 bits per heavy atom. The third-order valence-corrected chi connectivity index (χ3v) is 1.83. The molecule has 0 amide bonds. The minimum absolute atomic E-state index is 0.249. The van der Waals surface area contributed by atoms with Crippen molar-refractivity contribution in [2.45, 2.75) is 26.6 Å². The molecule has 0 aromatic heterocycles. The van der Waals surface area contributed by atoms with Crippen molar-refractivity contribution in [2.24, 2.45) is 4.99 Å². The van der Waals surface area contributed by atoms with Crippen LogP contribution in [-0.4, -0.2) is 12.6 Å². The zero-order valence-corrected chi connectivity index (χ0v) is 9.01. The fourth-order valence-corrected chi connectivity index (χ4v) is 1.12. The van der Waals surface area contributed by atoms with Gasteiger partial charge in [-0.25, -0.2) is 0 Å². The van der Waals surface area contributed by atoms with Gasteiger partial charge in [0.15, 0.2) is 0 Å². The van der Waals surface area contributed by atoms with Crippen LogP contribution in [-0.2, 0) is 0 Å². The monoisotopic (exact) mass is 231 g/mol. The molecule has 88 valence electrons. The number of alkyl halides is 3. The van der Waals surface area contributed by atoms with E-state index >= 15 is 0 Å². The minimum atomic E-state index is -4.67. The lowest BCUT2D eigenvalue weighted by Crippen LogP contribution is -2.17. The highest BCUT2D eigenvalue weighted by Crippen LogP contribution is 2.28. The standard InChI is InChI=1S/C11H12F3NO/c1-3-6-15-10-7-9(5-4-8(10)2)16-11(12,13)14/h4-7H,3H2,1-2H3/b15-6-. The van der Waals surface area contributed by atoms with Crippen molar-refractivity contribution in [2.75, 3.05) is 0 Å². The number of halogens is 3. The smallest absolute Gasteiger partial charge is 0.406 e. The number of aryl methyl sites for hydroxylation is 1. The maximum Gasteiger partial charge on any atom is 0.573 e. The molecule has 1 aromatic carbocycles. The molecule has 0 N–H and O–H groups in total. The van der Waals surface area contributed by atoms with E-state index in [4.69, 9.17) is 0 Å². The third-order valence-electron chi connectivity index (χ3n) is 1.83. The van der Waals surface area contributed by atoms with E-state index in [0.29, 0.717) is 5.69 Å². The quantitative estimate of drug-likeness (QED) is 0.720. The second-order valence-electron chi connectivity index (χ2n) is 3.22. The van der Waals surface area contributed by atoms with Gasteiger partial charge in [0.25, 0.3) is 0 Å². The molecule has 16 heavy (non-hydrogen) atoms. The van der Waals surface area contributed by atoms with Crippen molar-refractivity contribution < 1.29 is 17.9 Å². The molecule has 0 heterocycles. The van der Waals surface area contributed by atoms with E-state index in [9.17, 15) is 13.2 Å². The molecular weight excluding hydrogens is 219 g/mol. The predicted molar refractivity (Wildman–Crippen MR) is 56.3 cm³/mol. The van der Waals surface area contributed by atoms with E-state index in [0.717, 1.165) is 12.0 Å². The maximum atomic E-state index is 12.0. The third kappa shape index (κ3) is 3.92. The van der Waals surface area contributed by atoms with E-state index in [-0.39, 0.29) is 5.75 Å². The van der Waals surface area contributed by atoms with Gasteiger partial charge in [0.2, 0.25) is 0 Å². The number of hydrogen-bond donors (Lipinski definition) is 0. The van der Waals surface area contributed by atoms with E-state index in [1.165, 1.54) is 12.1 Å². The van der Waals surface area contributed by atoms with Crippen molar-refractivity contribution >= 4 is 11.9 Å². The molecule has 0 saturated heterocycles. The summed E-state index contributed by atoms with van der Waals surface area (Å²) >= 11 is 0. The zero-order valence-electron chi connectivity index (χ0n) is 9.01. The fraction of sp³-hybridized carbons (Fsp3) is 0.364. The van der Waals surface area contributed by atoms with Gasteiger partial charge >= 0.3 is 6.36 Å². The highest BCUT2D eigenvalue weighted by Gasteiger charge is 2.31. The van der Waals surface area contributed by atoms with Crippen molar-refractivity contribution in [3.8, 4) is 5.75 Å². The van der Waals surface area contributed by atoms with Crippen LogP contribution in [0, 0.1) is 6.92 Å². The Morgan fingerprint density at radius 2 is 2.06 bits per heavy atom. The summed E-state index contributed by atoms with van der Waals surface area (Å²) in [6.07, 6.45) is -2.30. The molecule has 0 saturated carbocycles. The first-order valence-corrected chi connectivity index (χ1v) is 4.81. The van der Waals surface area contributed by atoms with Crippen LogP contribution in [0.4, 0.5) is 18.9 Å². The van der Waals surface area contributed by atoms with Crippen molar-refractivity contribution in [3.05, 3.63) is 23.8 Å². The molecule has 0 atom stereocenters. The van der Waals surface area contributed by atoms with Gasteiger partial charge in [-0.05, 0) is 25.0 Å². The van der Waals surface area contributed by atoms with Crippen molar-refractivity contribution in [3.63, 3.8) is 0 Å². The average Bonchev–Trinajstić information content (AvgIpc) is 2.17. The molecule has 0 radical (unpaired) electrons. The lowest BCUT2D eigenvalue weighted by molar-refractivity contribution is -0.274. The van der Waals surface area contributed by atoms with Gasteiger partial charge in [0, 0.05) is 12.3 Å². The van der Waals surface area contributed by atoms with Crippen LogP contribution in [0.25, 0.3) is 0 Å². The second kappa shape index (κ2) is 5.01. The predicted octanol–water partition coefficient (Wildman–Crippen LogP) is 4.01. The molecule has 0 aliphatic carbocycles. The SMILES string of the molecule is CC/C=N\c1cc(OC(F)(F)F)ccc1C. The van der Waals surface area contributed by atoms with Crippen molar-refractivity contribution in [1.82, 2.24) is 0 Å². The lowest BCUT2D eigenvalue weighted by atomic mass is 10.2. The normalized spacial score (nSPS) is 12.1. The summed E-state index contributed by atoms with van der Waals surface area (Å²) < 4.78 is 39.7. The number of hydrogen-bond acceptors (Lipinski definition) is 2. The first-order chi connectivity index (χ1) is 7.42. The Labute approximate surface area is 91.8 Å². The number of benzene rings is 1. The molecule has 0 spiro atoms. The zero-order chi connectivity index (χ0) is 12.2. The van der Waals surface area contributed by atoms with Crippen molar-refractivity contribution in [1.29, 1.82) is 0 Å². The van der Waals surface area contributed by atoms with Gasteiger partial charge in [-0.3, -0.25) is 4.99 Å². The van der Waals surface area contributed by atoms with Gasteiger partial charge in [-0.15, -0.1) is 13.2 Å². The average molecular weight is 231 g/mol. The second-order valence-corrected chi connectivity index (χ2v) is 3.22. The van der Waals surface area contributed by atoms with Gasteiger partial charge in [-0.1, -0.05) is 13.0 Å². The van der Waals surface area contributed by atoms with Gasteiger partial charge in [0.05, 0.1) is 5.69 Å². The maximum absolute atomic E-state index is 12.0. The first kappa shape index (κ1) is 12.5. The summed E-state index contributed by atoms with van der Waals surface area (Å²) in [6.45, 7) is 3.68. The molecule has 1 aromatic rings.